The summed E-state index contributed by atoms with van der Waals surface area (Å²) >= 11 is 0. The van der Waals surface area contributed by atoms with Crippen molar-refractivity contribution in [3.63, 3.8) is 0 Å². The number of nitrogens with one attached hydrogen (secondary N) is 1. The second kappa shape index (κ2) is 6.98. The van der Waals surface area contributed by atoms with Crippen LogP contribution in [0.2, 0.25) is 0 Å². The predicted octanol–water partition coefficient (Wildman–Crippen LogP) is -0.0332. The van der Waals surface area contributed by atoms with Gasteiger partial charge in [0.25, 0.3) is 0 Å². The molecule has 3 heterocycles. The highest BCUT2D eigenvalue weighted by Crippen LogP contribution is 2.19. The van der Waals surface area contributed by atoms with Gasteiger partial charge in [-0.05, 0) is 19.9 Å². The number of hydrogen-bond donors (Lipinski definition) is 1. The molecular formula is C16H27N5O2. The first-order valence-electron chi connectivity index (χ1n) is 8.35. The molecule has 1 aromatic heterocycles. The Kier molecular flexibility index (Phi) is 4.99. The molecule has 128 valence electrons. The van der Waals surface area contributed by atoms with Crippen LogP contribution in [-0.4, -0.2) is 83.5 Å². The Morgan fingerprint density at radius 2 is 2.09 bits per heavy atom. The van der Waals surface area contributed by atoms with E-state index in [1.807, 2.05) is 16.9 Å². The van der Waals surface area contributed by atoms with E-state index in [1.54, 1.807) is 6.20 Å². The van der Waals surface area contributed by atoms with Gasteiger partial charge in [0.2, 0.25) is 5.91 Å². The smallest absolute Gasteiger partial charge is 0.234 e. The summed E-state index contributed by atoms with van der Waals surface area (Å²) < 4.78 is 7.36. The summed E-state index contributed by atoms with van der Waals surface area (Å²) in [6.45, 7) is 10.7. The first-order valence-corrected chi connectivity index (χ1v) is 8.35. The van der Waals surface area contributed by atoms with E-state index in [9.17, 15) is 4.79 Å². The molecule has 2 aliphatic heterocycles. The number of aromatic nitrogens is 2. The number of morpholine rings is 1. The molecule has 1 aromatic rings. The fraction of sp³-hybridized carbons (Fsp3) is 0.750. The van der Waals surface area contributed by atoms with Gasteiger partial charge in [-0.25, -0.2) is 0 Å². The lowest BCUT2D eigenvalue weighted by Crippen LogP contribution is -2.57. The topological polar surface area (TPSA) is 62.6 Å². The SMILES string of the molecule is CC(C)(CNC(=O)CN1CC(n2cccn2)C1)N1CCOCC1. The summed E-state index contributed by atoms with van der Waals surface area (Å²) in [6, 6.07) is 2.34. The standard InChI is InChI=1S/C16H27N5O2/c1-16(2,20-6-8-23-9-7-20)13-17-15(22)12-19-10-14(11-19)21-5-3-4-18-21/h3-5,14H,6-13H2,1-2H3,(H,17,22). The lowest BCUT2D eigenvalue weighted by molar-refractivity contribution is -0.124. The number of carbonyl (C=O) groups is 1. The number of nitrogens with zero attached hydrogens (tertiary/aromatic N) is 4. The first kappa shape index (κ1) is 16.4. The van der Waals surface area contributed by atoms with E-state index in [0.717, 1.165) is 39.4 Å². The Bertz CT molecular complexity index is 505. The van der Waals surface area contributed by atoms with Crippen molar-refractivity contribution in [2.45, 2.75) is 25.4 Å². The van der Waals surface area contributed by atoms with E-state index < -0.39 is 0 Å². The molecule has 0 spiro atoms. The van der Waals surface area contributed by atoms with Crippen LogP contribution < -0.4 is 5.32 Å². The zero-order valence-electron chi connectivity index (χ0n) is 14.1. The third-order valence-corrected chi connectivity index (χ3v) is 4.79. The van der Waals surface area contributed by atoms with Crippen molar-refractivity contribution in [1.82, 2.24) is 24.9 Å². The second-order valence-corrected chi connectivity index (χ2v) is 7.02. The summed E-state index contributed by atoms with van der Waals surface area (Å²) in [4.78, 5) is 16.7. The molecule has 0 aromatic carbocycles. The van der Waals surface area contributed by atoms with Gasteiger partial charge in [0.15, 0.2) is 0 Å². The molecule has 2 saturated heterocycles. The maximum atomic E-state index is 12.2. The Morgan fingerprint density at radius 1 is 1.35 bits per heavy atom. The molecule has 7 heteroatoms. The van der Waals surface area contributed by atoms with Gasteiger partial charge in [0.05, 0.1) is 25.8 Å². The quantitative estimate of drug-likeness (QED) is 0.797. The van der Waals surface area contributed by atoms with E-state index in [-0.39, 0.29) is 11.4 Å². The van der Waals surface area contributed by atoms with Crippen molar-refractivity contribution in [3.8, 4) is 0 Å². The fourth-order valence-electron chi connectivity index (χ4n) is 3.19. The molecule has 2 fully saturated rings. The van der Waals surface area contributed by atoms with Crippen molar-refractivity contribution in [3.05, 3.63) is 18.5 Å². The Labute approximate surface area is 137 Å². The van der Waals surface area contributed by atoms with Crippen LogP contribution in [-0.2, 0) is 9.53 Å². The number of rotatable bonds is 6. The third-order valence-electron chi connectivity index (χ3n) is 4.79. The number of likely N-dealkylation sites (tertiary alicyclic amines) is 1. The number of ether oxygens (including phenoxy) is 1. The summed E-state index contributed by atoms with van der Waals surface area (Å²) in [5.41, 5.74) is -0.0357. The lowest BCUT2D eigenvalue weighted by Gasteiger charge is -2.41. The van der Waals surface area contributed by atoms with Crippen LogP contribution >= 0.6 is 0 Å². The van der Waals surface area contributed by atoms with Crippen LogP contribution in [0.25, 0.3) is 0 Å². The van der Waals surface area contributed by atoms with Gasteiger partial charge in [0, 0.05) is 50.7 Å². The molecule has 0 atom stereocenters. The third kappa shape index (κ3) is 4.10. The van der Waals surface area contributed by atoms with Gasteiger partial charge < -0.3 is 10.1 Å². The van der Waals surface area contributed by atoms with E-state index in [4.69, 9.17) is 4.74 Å². The largest absolute Gasteiger partial charge is 0.379 e. The summed E-state index contributed by atoms with van der Waals surface area (Å²) in [5, 5.41) is 7.33. The predicted molar refractivity (Wildman–Crippen MR) is 87.2 cm³/mol. The molecule has 23 heavy (non-hydrogen) atoms. The van der Waals surface area contributed by atoms with Gasteiger partial charge >= 0.3 is 0 Å². The minimum absolute atomic E-state index is 0.0357. The minimum atomic E-state index is -0.0357. The second-order valence-electron chi connectivity index (χ2n) is 7.02. The maximum Gasteiger partial charge on any atom is 0.234 e. The van der Waals surface area contributed by atoms with Gasteiger partial charge in [0.1, 0.15) is 0 Å². The van der Waals surface area contributed by atoms with Crippen LogP contribution in [0.4, 0.5) is 0 Å². The molecular weight excluding hydrogens is 294 g/mol. The monoisotopic (exact) mass is 321 g/mol. The Hall–Kier alpha value is -1.44. The van der Waals surface area contributed by atoms with E-state index in [1.165, 1.54) is 0 Å². The lowest BCUT2D eigenvalue weighted by atomic mass is 10.0. The molecule has 3 rings (SSSR count). The van der Waals surface area contributed by atoms with Gasteiger partial charge in [-0.1, -0.05) is 0 Å². The molecule has 0 aliphatic carbocycles. The summed E-state index contributed by atoms with van der Waals surface area (Å²) in [5.74, 6) is 0.102. The normalized spacial score (nSPS) is 21.1. The molecule has 1 amide bonds. The van der Waals surface area contributed by atoms with Gasteiger partial charge in [-0.15, -0.1) is 0 Å². The van der Waals surface area contributed by atoms with Crippen LogP contribution in [0, 0.1) is 0 Å². The zero-order chi connectivity index (χ0) is 16.3. The van der Waals surface area contributed by atoms with Crippen molar-refractivity contribution < 1.29 is 9.53 Å². The molecule has 7 nitrogen and oxygen atoms in total. The van der Waals surface area contributed by atoms with Crippen LogP contribution in [0.15, 0.2) is 18.5 Å². The highest BCUT2D eigenvalue weighted by molar-refractivity contribution is 5.78. The summed E-state index contributed by atoms with van der Waals surface area (Å²) in [6.07, 6.45) is 3.77. The maximum absolute atomic E-state index is 12.2. The van der Waals surface area contributed by atoms with Crippen molar-refractivity contribution in [1.29, 1.82) is 0 Å². The van der Waals surface area contributed by atoms with E-state index in [2.05, 4.69) is 34.1 Å². The van der Waals surface area contributed by atoms with Crippen LogP contribution in [0.1, 0.15) is 19.9 Å². The van der Waals surface area contributed by atoms with Crippen LogP contribution in [0.3, 0.4) is 0 Å². The Morgan fingerprint density at radius 3 is 2.74 bits per heavy atom. The molecule has 0 saturated carbocycles. The van der Waals surface area contributed by atoms with Crippen LogP contribution in [0.5, 0.6) is 0 Å². The zero-order valence-corrected chi connectivity index (χ0v) is 14.1. The van der Waals surface area contributed by atoms with Gasteiger partial charge in [-0.2, -0.15) is 5.10 Å². The van der Waals surface area contributed by atoms with E-state index >= 15 is 0 Å². The van der Waals surface area contributed by atoms with Crippen molar-refractivity contribution in [2.75, 3.05) is 52.5 Å². The fourth-order valence-corrected chi connectivity index (χ4v) is 3.19. The van der Waals surface area contributed by atoms with Gasteiger partial charge in [-0.3, -0.25) is 19.3 Å². The molecule has 0 unspecified atom stereocenters. The Balaban J connectivity index is 1.37. The average molecular weight is 321 g/mol. The first-order chi connectivity index (χ1) is 11.0. The van der Waals surface area contributed by atoms with E-state index in [0.29, 0.717) is 19.1 Å². The highest BCUT2D eigenvalue weighted by Gasteiger charge is 2.31. The molecule has 2 aliphatic rings. The number of carbonyl (C=O) groups excluding carboxylic acids is 1. The summed E-state index contributed by atoms with van der Waals surface area (Å²) in [7, 11) is 0. The number of amides is 1. The molecule has 0 radical (unpaired) electrons. The van der Waals surface area contributed by atoms with Crippen molar-refractivity contribution in [2.24, 2.45) is 0 Å². The average Bonchev–Trinajstić information content (AvgIpc) is 3.03. The highest BCUT2D eigenvalue weighted by atomic mass is 16.5. The minimum Gasteiger partial charge on any atom is -0.379 e. The van der Waals surface area contributed by atoms with Crippen molar-refractivity contribution >= 4 is 5.91 Å². The molecule has 1 N–H and O–H groups in total. The molecule has 0 bridgehead atoms. The number of hydrogen-bond acceptors (Lipinski definition) is 5.